The first kappa shape index (κ1) is 21.9. The van der Waals surface area contributed by atoms with Gasteiger partial charge in [-0.25, -0.2) is 4.99 Å². The molecular formula is C21H18BrN2O5S-. The number of thioether (sulfide) groups is 1. The Bertz CT molecular complexity index is 1050. The number of ether oxygens (including phenoxy) is 2. The summed E-state index contributed by atoms with van der Waals surface area (Å²) in [6, 6.07) is 9.61. The average molecular weight is 490 g/mol. The lowest BCUT2D eigenvalue weighted by Crippen LogP contribution is -2.28. The molecule has 0 saturated carbocycles. The standard InChI is InChI=1S/C21H19BrN2O5S/c1-4-24-19(25)17(11-12-9-15(22)18(29-3)16(10-12)28-2)30-21(24)23-14-7-5-13(6-8-14)20(26)27/h5-11H,4H2,1-3H3,(H,26,27)/p-1/b17-11-,23-21?. The monoisotopic (exact) mass is 489 g/mol. The van der Waals surface area contributed by atoms with Gasteiger partial charge in [0.25, 0.3) is 5.91 Å². The van der Waals surface area contributed by atoms with E-state index in [-0.39, 0.29) is 11.5 Å². The number of hydrogen-bond donors (Lipinski definition) is 0. The molecule has 1 saturated heterocycles. The van der Waals surface area contributed by atoms with Gasteiger partial charge in [-0.15, -0.1) is 0 Å². The van der Waals surface area contributed by atoms with Crippen LogP contribution in [0.4, 0.5) is 5.69 Å². The molecule has 2 aromatic rings. The highest BCUT2D eigenvalue weighted by Crippen LogP contribution is 2.39. The zero-order valence-corrected chi connectivity index (χ0v) is 18.9. The Morgan fingerprint density at radius 2 is 1.93 bits per heavy atom. The van der Waals surface area contributed by atoms with Crippen molar-refractivity contribution >= 4 is 56.5 Å². The van der Waals surface area contributed by atoms with Crippen molar-refractivity contribution in [2.24, 2.45) is 4.99 Å². The van der Waals surface area contributed by atoms with Crippen molar-refractivity contribution in [3.63, 3.8) is 0 Å². The summed E-state index contributed by atoms with van der Waals surface area (Å²) in [5.41, 5.74) is 1.39. The largest absolute Gasteiger partial charge is 0.545 e. The Hall–Kier alpha value is -2.78. The summed E-state index contributed by atoms with van der Waals surface area (Å²) in [4.78, 5) is 30.3. The van der Waals surface area contributed by atoms with Crippen molar-refractivity contribution in [2.75, 3.05) is 20.8 Å². The van der Waals surface area contributed by atoms with Crippen LogP contribution in [-0.4, -0.2) is 42.7 Å². The van der Waals surface area contributed by atoms with Crippen LogP contribution >= 0.6 is 27.7 Å². The first-order valence-electron chi connectivity index (χ1n) is 8.91. The van der Waals surface area contributed by atoms with E-state index in [2.05, 4.69) is 20.9 Å². The molecule has 1 amide bonds. The molecule has 2 aromatic carbocycles. The molecule has 0 unspecified atom stereocenters. The number of rotatable bonds is 6. The third-order valence-electron chi connectivity index (χ3n) is 4.29. The van der Waals surface area contributed by atoms with E-state index in [0.29, 0.717) is 38.3 Å². The summed E-state index contributed by atoms with van der Waals surface area (Å²) in [6.07, 6.45) is 1.77. The van der Waals surface area contributed by atoms with Gasteiger partial charge in [-0.3, -0.25) is 9.69 Å². The number of carboxylic acid groups (broad SMARTS) is 1. The number of amides is 1. The summed E-state index contributed by atoms with van der Waals surface area (Å²) in [5, 5.41) is 11.4. The molecule has 0 aromatic heterocycles. The second-order valence-corrected chi connectivity index (χ2v) is 7.99. The first-order chi connectivity index (χ1) is 14.4. The Labute approximate surface area is 186 Å². The van der Waals surface area contributed by atoms with Gasteiger partial charge in [0, 0.05) is 6.54 Å². The van der Waals surface area contributed by atoms with Crippen LogP contribution in [0.15, 0.2) is 50.8 Å². The molecule has 0 bridgehead atoms. The van der Waals surface area contributed by atoms with Gasteiger partial charge in [-0.05, 0) is 76.1 Å². The molecule has 7 nitrogen and oxygen atoms in total. The predicted octanol–water partition coefficient (Wildman–Crippen LogP) is 3.45. The summed E-state index contributed by atoms with van der Waals surface area (Å²) in [7, 11) is 3.10. The Morgan fingerprint density at radius 1 is 1.23 bits per heavy atom. The summed E-state index contributed by atoms with van der Waals surface area (Å²) in [6.45, 7) is 2.32. The van der Waals surface area contributed by atoms with Gasteiger partial charge < -0.3 is 19.4 Å². The predicted molar refractivity (Wildman–Crippen MR) is 118 cm³/mol. The molecule has 0 radical (unpaired) electrons. The zero-order valence-electron chi connectivity index (χ0n) is 16.5. The first-order valence-corrected chi connectivity index (χ1v) is 10.5. The third-order valence-corrected chi connectivity index (χ3v) is 5.88. The highest BCUT2D eigenvalue weighted by molar-refractivity contribution is 9.10. The summed E-state index contributed by atoms with van der Waals surface area (Å²) >= 11 is 4.71. The number of carboxylic acids is 1. The molecule has 0 spiro atoms. The van der Waals surface area contributed by atoms with Gasteiger partial charge >= 0.3 is 0 Å². The molecule has 156 valence electrons. The molecule has 1 aliphatic heterocycles. The lowest BCUT2D eigenvalue weighted by atomic mass is 10.2. The van der Waals surface area contributed by atoms with Crippen LogP contribution in [0.1, 0.15) is 22.8 Å². The average Bonchev–Trinajstić information content (AvgIpc) is 3.01. The van der Waals surface area contributed by atoms with Crippen molar-refractivity contribution in [2.45, 2.75) is 6.92 Å². The lowest BCUT2D eigenvalue weighted by molar-refractivity contribution is -0.255. The van der Waals surface area contributed by atoms with Gasteiger partial charge in [-0.2, -0.15) is 0 Å². The Kier molecular flexibility index (Phi) is 6.84. The van der Waals surface area contributed by atoms with Crippen molar-refractivity contribution < 1.29 is 24.2 Å². The number of aliphatic imine (C=N–C) groups is 1. The van der Waals surface area contributed by atoms with Gasteiger partial charge in [0.05, 0.1) is 35.3 Å². The normalized spacial score (nSPS) is 16.4. The maximum atomic E-state index is 12.8. The topological polar surface area (TPSA) is 91.3 Å². The number of carbonyl (C=O) groups is 2. The zero-order chi connectivity index (χ0) is 21.8. The van der Waals surface area contributed by atoms with E-state index in [1.807, 2.05) is 13.0 Å². The van der Waals surface area contributed by atoms with Crippen LogP contribution < -0.4 is 14.6 Å². The minimum atomic E-state index is -1.25. The van der Waals surface area contributed by atoms with E-state index >= 15 is 0 Å². The van der Waals surface area contributed by atoms with Crippen molar-refractivity contribution in [1.82, 2.24) is 4.90 Å². The molecular weight excluding hydrogens is 472 g/mol. The number of halogens is 1. The number of amidine groups is 1. The van der Waals surface area contributed by atoms with Crippen molar-refractivity contribution in [3.05, 3.63) is 56.9 Å². The molecule has 1 aliphatic rings. The summed E-state index contributed by atoms with van der Waals surface area (Å²) in [5.74, 6) is -0.287. The molecule has 1 fully saturated rings. The van der Waals surface area contributed by atoms with Crippen molar-refractivity contribution in [1.29, 1.82) is 0 Å². The number of methoxy groups -OCH3 is 2. The van der Waals surface area contributed by atoms with Crippen LogP contribution in [0.25, 0.3) is 6.08 Å². The lowest BCUT2D eigenvalue weighted by Gasteiger charge is -2.12. The molecule has 0 N–H and O–H groups in total. The highest BCUT2D eigenvalue weighted by Gasteiger charge is 2.32. The number of likely N-dealkylation sites (N-methyl/N-ethyl adjacent to an activating group) is 1. The van der Waals surface area contributed by atoms with Gasteiger partial charge in [0.1, 0.15) is 0 Å². The number of nitrogens with zero attached hydrogens (tertiary/aromatic N) is 2. The van der Waals surface area contributed by atoms with E-state index in [1.165, 1.54) is 23.9 Å². The van der Waals surface area contributed by atoms with Crippen LogP contribution in [0.2, 0.25) is 0 Å². The summed E-state index contributed by atoms with van der Waals surface area (Å²) < 4.78 is 11.4. The number of hydrogen-bond acceptors (Lipinski definition) is 7. The molecule has 3 rings (SSSR count). The van der Waals surface area contributed by atoms with E-state index in [1.54, 1.807) is 43.4 Å². The minimum absolute atomic E-state index is 0.0704. The number of aromatic carboxylic acids is 1. The maximum Gasteiger partial charge on any atom is 0.266 e. The fourth-order valence-electron chi connectivity index (χ4n) is 2.83. The van der Waals surface area contributed by atoms with Gasteiger partial charge in [0.15, 0.2) is 16.7 Å². The van der Waals surface area contributed by atoms with Crippen LogP contribution in [0.5, 0.6) is 11.5 Å². The maximum absolute atomic E-state index is 12.8. The van der Waals surface area contributed by atoms with E-state index < -0.39 is 5.97 Å². The third kappa shape index (κ3) is 4.52. The molecule has 9 heteroatoms. The minimum Gasteiger partial charge on any atom is -0.545 e. The molecule has 0 atom stereocenters. The second-order valence-electron chi connectivity index (χ2n) is 6.13. The van der Waals surface area contributed by atoms with Gasteiger partial charge in [-0.1, -0.05) is 12.1 Å². The van der Waals surface area contributed by atoms with Crippen LogP contribution in [0, 0.1) is 0 Å². The number of carbonyl (C=O) groups excluding carboxylic acids is 2. The molecule has 1 heterocycles. The Morgan fingerprint density at radius 3 is 2.50 bits per heavy atom. The van der Waals surface area contributed by atoms with E-state index in [0.717, 1.165) is 5.56 Å². The number of benzene rings is 2. The quantitative estimate of drug-likeness (QED) is 0.577. The molecule has 30 heavy (non-hydrogen) atoms. The second kappa shape index (κ2) is 9.36. The highest BCUT2D eigenvalue weighted by atomic mass is 79.9. The van der Waals surface area contributed by atoms with Crippen LogP contribution in [0.3, 0.4) is 0 Å². The van der Waals surface area contributed by atoms with Crippen LogP contribution in [-0.2, 0) is 4.79 Å². The Balaban J connectivity index is 1.94. The molecule has 0 aliphatic carbocycles. The fraction of sp³-hybridized carbons (Fsp3) is 0.190. The fourth-order valence-corrected chi connectivity index (χ4v) is 4.51. The van der Waals surface area contributed by atoms with Crippen molar-refractivity contribution in [3.8, 4) is 11.5 Å². The van der Waals surface area contributed by atoms with E-state index in [4.69, 9.17) is 9.47 Å². The smallest absolute Gasteiger partial charge is 0.266 e. The SMILES string of the molecule is CCN1C(=O)/C(=C/c2cc(Br)c(OC)c(OC)c2)SC1=Nc1ccc(C(=O)[O-])cc1. The van der Waals surface area contributed by atoms with E-state index in [9.17, 15) is 14.7 Å². The van der Waals surface area contributed by atoms with Gasteiger partial charge in [0.2, 0.25) is 0 Å².